The maximum absolute atomic E-state index is 11.9. The normalized spacial score (nSPS) is 12.0. The molecule has 0 saturated heterocycles. The van der Waals surface area contributed by atoms with Crippen LogP contribution in [0, 0.1) is 0 Å². The molecule has 1 heterocycles. The summed E-state index contributed by atoms with van der Waals surface area (Å²) in [6.07, 6.45) is 2.04. The smallest absolute Gasteiger partial charge is 0.271 e. The number of carbonyl (C=O) groups is 1. The number of benzene rings is 1. The predicted molar refractivity (Wildman–Crippen MR) is 87.4 cm³/mol. The molecule has 22 heavy (non-hydrogen) atoms. The van der Waals surface area contributed by atoms with E-state index in [0.717, 1.165) is 12.0 Å². The molecule has 1 atom stereocenters. The Morgan fingerprint density at radius 1 is 1.27 bits per heavy atom. The van der Waals surface area contributed by atoms with E-state index in [2.05, 4.69) is 10.3 Å². The summed E-state index contributed by atoms with van der Waals surface area (Å²) < 4.78 is 0. The van der Waals surface area contributed by atoms with Crippen LogP contribution in [0.5, 0.6) is 0 Å². The van der Waals surface area contributed by atoms with Crippen molar-refractivity contribution in [2.45, 2.75) is 18.9 Å². The Labute approximate surface area is 139 Å². The topological polar surface area (TPSA) is 62.2 Å². The summed E-state index contributed by atoms with van der Waals surface area (Å²) in [5.41, 5.74) is 1.25. The molecule has 1 unspecified atom stereocenters. The van der Waals surface area contributed by atoms with Gasteiger partial charge in [0.2, 0.25) is 0 Å². The average molecular weight is 339 g/mol. The summed E-state index contributed by atoms with van der Waals surface area (Å²) in [5.74, 6) is -0.430. The lowest BCUT2D eigenvalue weighted by molar-refractivity contribution is 0.0906. The first kappa shape index (κ1) is 16.7. The number of nitrogens with one attached hydrogen (secondary N) is 1. The quantitative estimate of drug-likeness (QED) is 0.850. The van der Waals surface area contributed by atoms with Gasteiger partial charge in [-0.2, -0.15) is 0 Å². The lowest BCUT2D eigenvalue weighted by Crippen LogP contribution is -2.33. The lowest BCUT2D eigenvalue weighted by Gasteiger charge is -2.12. The molecule has 0 radical (unpaired) electrons. The van der Waals surface area contributed by atoms with Gasteiger partial charge in [0.25, 0.3) is 5.91 Å². The Morgan fingerprint density at radius 2 is 2.00 bits per heavy atom. The highest BCUT2D eigenvalue weighted by Gasteiger charge is 2.14. The van der Waals surface area contributed by atoms with Gasteiger partial charge >= 0.3 is 0 Å². The lowest BCUT2D eigenvalue weighted by atomic mass is 10.1. The van der Waals surface area contributed by atoms with Gasteiger partial charge in [-0.15, -0.1) is 0 Å². The highest BCUT2D eigenvalue weighted by atomic mass is 35.5. The van der Waals surface area contributed by atoms with E-state index in [0.29, 0.717) is 11.4 Å². The molecule has 0 saturated carbocycles. The van der Waals surface area contributed by atoms with Crippen LogP contribution in [0.2, 0.25) is 10.0 Å². The second-order valence-electron chi connectivity index (χ2n) is 4.87. The van der Waals surface area contributed by atoms with Gasteiger partial charge in [-0.05, 0) is 24.5 Å². The second-order valence-corrected chi connectivity index (χ2v) is 5.72. The van der Waals surface area contributed by atoms with Gasteiger partial charge < -0.3 is 10.4 Å². The molecule has 0 aliphatic heterocycles. The summed E-state index contributed by atoms with van der Waals surface area (Å²) in [6.45, 7) is 0.145. The zero-order chi connectivity index (χ0) is 15.9. The van der Waals surface area contributed by atoms with Gasteiger partial charge in [0.15, 0.2) is 0 Å². The molecule has 0 aliphatic rings. The summed E-state index contributed by atoms with van der Waals surface area (Å²) in [6, 6.07) is 11.3. The minimum absolute atomic E-state index is 0.0985. The highest BCUT2D eigenvalue weighted by molar-refractivity contribution is 6.36. The molecule has 0 spiro atoms. The van der Waals surface area contributed by atoms with Gasteiger partial charge in [0, 0.05) is 12.7 Å². The number of nitrogens with zero attached hydrogens (tertiary/aromatic N) is 1. The van der Waals surface area contributed by atoms with E-state index in [1.807, 2.05) is 30.3 Å². The van der Waals surface area contributed by atoms with Crippen LogP contribution in [-0.4, -0.2) is 28.6 Å². The van der Waals surface area contributed by atoms with E-state index in [4.69, 9.17) is 23.2 Å². The molecule has 2 rings (SSSR count). The molecule has 0 aliphatic carbocycles. The number of hydrogen-bond acceptors (Lipinski definition) is 3. The number of halogens is 2. The van der Waals surface area contributed by atoms with Crippen LogP contribution >= 0.6 is 23.2 Å². The number of amides is 1. The first-order chi connectivity index (χ1) is 10.6. The number of aliphatic hydroxyl groups is 1. The Morgan fingerprint density at radius 3 is 2.68 bits per heavy atom. The summed E-state index contributed by atoms with van der Waals surface area (Å²) in [7, 11) is 0. The van der Waals surface area contributed by atoms with Crippen LogP contribution in [0.3, 0.4) is 0 Å². The molecule has 4 nitrogen and oxygen atoms in total. The third-order valence-electron chi connectivity index (χ3n) is 3.13. The average Bonchev–Trinajstić information content (AvgIpc) is 2.51. The molecule has 0 fully saturated rings. The van der Waals surface area contributed by atoms with Crippen molar-refractivity contribution in [3.8, 4) is 0 Å². The van der Waals surface area contributed by atoms with Crippen LogP contribution in [0.4, 0.5) is 0 Å². The summed E-state index contributed by atoms with van der Waals surface area (Å²) in [5, 5.41) is 13.1. The fourth-order valence-electron chi connectivity index (χ4n) is 1.96. The maximum atomic E-state index is 11.9. The number of carbonyl (C=O) groups excluding carboxylic acids is 1. The van der Waals surface area contributed by atoms with Gasteiger partial charge in [-0.25, -0.2) is 4.98 Å². The number of pyridine rings is 1. The highest BCUT2D eigenvalue weighted by Crippen LogP contribution is 2.18. The summed E-state index contributed by atoms with van der Waals surface area (Å²) >= 11 is 11.6. The van der Waals surface area contributed by atoms with Crippen LogP contribution in [0.15, 0.2) is 42.6 Å². The Hall–Kier alpha value is -1.62. The van der Waals surface area contributed by atoms with Gasteiger partial charge in [0.05, 0.1) is 16.1 Å². The molecule has 0 bridgehead atoms. The number of rotatable bonds is 6. The van der Waals surface area contributed by atoms with Crippen molar-refractivity contribution in [2.24, 2.45) is 0 Å². The number of aromatic nitrogens is 1. The van der Waals surface area contributed by atoms with Crippen LogP contribution < -0.4 is 5.32 Å². The van der Waals surface area contributed by atoms with E-state index in [1.165, 1.54) is 12.3 Å². The first-order valence-corrected chi connectivity index (χ1v) is 7.63. The second kappa shape index (κ2) is 8.13. The number of aryl methyl sites for hydroxylation is 1. The Bertz CT molecular complexity index is 635. The number of aliphatic hydroxyl groups excluding tert-OH is 1. The molecular formula is C16H16Cl2N2O2. The van der Waals surface area contributed by atoms with E-state index < -0.39 is 12.0 Å². The van der Waals surface area contributed by atoms with E-state index >= 15 is 0 Å². The molecule has 2 N–H and O–H groups in total. The van der Waals surface area contributed by atoms with Crippen molar-refractivity contribution in [3.63, 3.8) is 0 Å². The first-order valence-electron chi connectivity index (χ1n) is 6.87. The van der Waals surface area contributed by atoms with Crippen molar-refractivity contribution in [1.82, 2.24) is 10.3 Å². The molecule has 6 heteroatoms. The van der Waals surface area contributed by atoms with Crippen molar-refractivity contribution in [2.75, 3.05) is 6.54 Å². The van der Waals surface area contributed by atoms with E-state index in [1.54, 1.807) is 0 Å². The molecule has 116 valence electrons. The largest absolute Gasteiger partial charge is 0.391 e. The van der Waals surface area contributed by atoms with Crippen molar-refractivity contribution < 1.29 is 9.90 Å². The maximum Gasteiger partial charge on any atom is 0.271 e. The SMILES string of the molecule is O=C(NCC(O)CCc1ccccc1)c1ncc(Cl)cc1Cl. The monoisotopic (exact) mass is 338 g/mol. The Balaban J connectivity index is 1.80. The van der Waals surface area contributed by atoms with Crippen molar-refractivity contribution in [1.29, 1.82) is 0 Å². The zero-order valence-electron chi connectivity index (χ0n) is 11.8. The van der Waals surface area contributed by atoms with Crippen LogP contribution in [0.1, 0.15) is 22.5 Å². The van der Waals surface area contributed by atoms with Crippen molar-refractivity contribution >= 4 is 29.1 Å². The van der Waals surface area contributed by atoms with Crippen molar-refractivity contribution in [3.05, 3.63) is 63.9 Å². The molecule has 1 aromatic carbocycles. The van der Waals surface area contributed by atoms with Gasteiger partial charge in [0.1, 0.15) is 5.69 Å². The molecule has 1 amide bonds. The predicted octanol–water partition coefficient (Wildman–Crippen LogP) is 3.11. The van der Waals surface area contributed by atoms with E-state index in [9.17, 15) is 9.90 Å². The van der Waals surface area contributed by atoms with Crippen LogP contribution in [0.25, 0.3) is 0 Å². The third-order valence-corrected chi connectivity index (χ3v) is 3.63. The molecular weight excluding hydrogens is 323 g/mol. The van der Waals surface area contributed by atoms with E-state index in [-0.39, 0.29) is 17.3 Å². The van der Waals surface area contributed by atoms with Gasteiger partial charge in [-0.3, -0.25) is 4.79 Å². The molecule has 2 aromatic rings. The fraction of sp³-hybridized carbons (Fsp3) is 0.250. The van der Waals surface area contributed by atoms with Crippen LogP contribution in [-0.2, 0) is 6.42 Å². The summed E-state index contributed by atoms with van der Waals surface area (Å²) in [4.78, 5) is 15.8. The number of hydrogen-bond donors (Lipinski definition) is 2. The third kappa shape index (κ3) is 4.98. The minimum atomic E-state index is -0.629. The standard InChI is InChI=1S/C16H16Cl2N2O2/c17-12-8-14(18)15(19-9-12)16(22)20-10-13(21)7-6-11-4-2-1-3-5-11/h1-5,8-9,13,21H,6-7,10H2,(H,20,22). The fourth-order valence-corrected chi connectivity index (χ4v) is 2.42. The van der Waals surface area contributed by atoms with Gasteiger partial charge in [-0.1, -0.05) is 53.5 Å². The molecule has 1 aromatic heterocycles. The zero-order valence-corrected chi connectivity index (χ0v) is 13.3. The Kier molecular flexibility index (Phi) is 6.19. The minimum Gasteiger partial charge on any atom is -0.391 e.